The summed E-state index contributed by atoms with van der Waals surface area (Å²) in [4.78, 5) is 4.63. The van der Waals surface area contributed by atoms with Crippen molar-refractivity contribution in [2.24, 2.45) is 5.73 Å². The van der Waals surface area contributed by atoms with Crippen LogP contribution in [-0.2, 0) is 12.1 Å². The maximum atomic E-state index is 6.22. The number of nitrogens with two attached hydrogens (primary N) is 1. The van der Waals surface area contributed by atoms with Gasteiger partial charge < -0.3 is 10.6 Å². The van der Waals surface area contributed by atoms with E-state index in [2.05, 4.69) is 68.1 Å². The molecule has 1 aliphatic rings. The number of halogens is 1. The lowest BCUT2D eigenvalue weighted by Crippen LogP contribution is -2.42. The Morgan fingerprint density at radius 3 is 2.58 bits per heavy atom. The van der Waals surface area contributed by atoms with Crippen LogP contribution < -0.4 is 10.6 Å². The van der Waals surface area contributed by atoms with Crippen LogP contribution in [0.15, 0.2) is 42.5 Å². The minimum Gasteiger partial charge on any atom is -0.378 e. The second kappa shape index (κ2) is 6.40. The van der Waals surface area contributed by atoms with Crippen LogP contribution in [0.4, 0.5) is 5.69 Å². The molecular formula is C20H26ClN3. The summed E-state index contributed by atoms with van der Waals surface area (Å²) in [7, 11) is 4.14. The highest BCUT2D eigenvalue weighted by molar-refractivity contribution is 6.30. The molecule has 0 saturated carbocycles. The van der Waals surface area contributed by atoms with Crippen molar-refractivity contribution in [3.8, 4) is 0 Å². The van der Waals surface area contributed by atoms with Gasteiger partial charge in [0.15, 0.2) is 0 Å². The quantitative estimate of drug-likeness (QED) is 0.904. The van der Waals surface area contributed by atoms with E-state index in [4.69, 9.17) is 17.3 Å². The molecule has 0 fully saturated rings. The molecule has 0 radical (unpaired) electrons. The number of hydrogen-bond donors (Lipinski definition) is 1. The molecule has 3 rings (SSSR count). The first-order valence-electron chi connectivity index (χ1n) is 8.37. The zero-order valence-electron chi connectivity index (χ0n) is 14.9. The van der Waals surface area contributed by atoms with E-state index in [0.29, 0.717) is 6.54 Å². The minimum atomic E-state index is -0.147. The van der Waals surface area contributed by atoms with Gasteiger partial charge in [0, 0.05) is 49.5 Å². The van der Waals surface area contributed by atoms with E-state index in [1.165, 1.54) is 22.4 Å². The summed E-state index contributed by atoms with van der Waals surface area (Å²) in [6, 6.07) is 15.1. The van der Waals surface area contributed by atoms with E-state index >= 15 is 0 Å². The average molecular weight is 344 g/mol. The second-order valence-electron chi connectivity index (χ2n) is 7.23. The lowest BCUT2D eigenvalue weighted by atomic mass is 9.91. The fourth-order valence-corrected chi connectivity index (χ4v) is 3.84. The molecule has 3 nitrogen and oxygen atoms in total. The molecule has 4 heteroatoms. The van der Waals surface area contributed by atoms with Crippen molar-refractivity contribution in [1.29, 1.82) is 0 Å². The van der Waals surface area contributed by atoms with E-state index < -0.39 is 0 Å². The maximum absolute atomic E-state index is 6.22. The van der Waals surface area contributed by atoms with Gasteiger partial charge >= 0.3 is 0 Å². The molecule has 0 spiro atoms. The Hall–Kier alpha value is -1.55. The van der Waals surface area contributed by atoms with Crippen molar-refractivity contribution in [2.75, 3.05) is 25.5 Å². The van der Waals surface area contributed by atoms with Crippen molar-refractivity contribution in [3.05, 3.63) is 64.2 Å². The molecule has 1 heterocycles. The highest BCUT2D eigenvalue weighted by Gasteiger charge is 2.39. The third-order valence-electron chi connectivity index (χ3n) is 5.19. The largest absolute Gasteiger partial charge is 0.378 e. The number of fused-ring (bicyclic) bond motifs is 1. The van der Waals surface area contributed by atoms with Crippen LogP contribution >= 0.6 is 11.6 Å². The van der Waals surface area contributed by atoms with Gasteiger partial charge in [-0.05, 0) is 54.8 Å². The molecule has 24 heavy (non-hydrogen) atoms. The molecule has 1 atom stereocenters. The highest BCUT2D eigenvalue weighted by atomic mass is 35.5. The second-order valence-corrected chi connectivity index (χ2v) is 7.66. The minimum absolute atomic E-state index is 0.147. The van der Waals surface area contributed by atoms with Crippen LogP contribution in [0.25, 0.3) is 0 Å². The van der Waals surface area contributed by atoms with E-state index in [1.54, 1.807) is 0 Å². The standard InChI is InChI=1S/C20H26ClN3/c1-20(2,15-6-5-7-16(21)10-15)24-13-14-8-9-17(23(3)4)11-18(14)19(24)12-22/h5-11,19H,12-13,22H2,1-4H3. The normalized spacial score (nSPS) is 17.8. The maximum Gasteiger partial charge on any atom is 0.0486 e. The van der Waals surface area contributed by atoms with Crippen LogP contribution in [0.3, 0.4) is 0 Å². The van der Waals surface area contributed by atoms with Crippen molar-refractivity contribution < 1.29 is 0 Å². The number of anilines is 1. The third kappa shape index (κ3) is 2.92. The molecule has 0 saturated heterocycles. The van der Waals surface area contributed by atoms with Gasteiger partial charge in [-0.3, -0.25) is 4.90 Å². The highest BCUT2D eigenvalue weighted by Crippen LogP contribution is 2.43. The van der Waals surface area contributed by atoms with Crippen LogP contribution in [0.5, 0.6) is 0 Å². The molecule has 2 aromatic carbocycles. The average Bonchev–Trinajstić information content (AvgIpc) is 2.93. The molecular weight excluding hydrogens is 318 g/mol. The molecule has 0 bridgehead atoms. The molecule has 2 aromatic rings. The van der Waals surface area contributed by atoms with Crippen molar-refractivity contribution in [3.63, 3.8) is 0 Å². The monoisotopic (exact) mass is 343 g/mol. The smallest absolute Gasteiger partial charge is 0.0486 e. The van der Waals surface area contributed by atoms with Crippen molar-refractivity contribution in [2.45, 2.75) is 32.0 Å². The first kappa shape index (κ1) is 17.3. The van der Waals surface area contributed by atoms with Gasteiger partial charge in [-0.2, -0.15) is 0 Å². The van der Waals surface area contributed by atoms with E-state index in [0.717, 1.165) is 11.6 Å². The fourth-order valence-electron chi connectivity index (χ4n) is 3.65. The lowest BCUT2D eigenvalue weighted by molar-refractivity contribution is 0.0780. The summed E-state index contributed by atoms with van der Waals surface area (Å²) in [5.74, 6) is 0. The SMILES string of the molecule is CN(C)c1ccc2c(c1)C(CN)N(C(C)(C)c1cccc(Cl)c1)C2. The summed E-state index contributed by atoms with van der Waals surface area (Å²) in [6.45, 7) is 6.01. The first-order chi connectivity index (χ1) is 11.3. The summed E-state index contributed by atoms with van der Waals surface area (Å²) in [5, 5.41) is 0.775. The Bertz CT molecular complexity index is 739. The zero-order valence-corrected chi connectivity index (χ0v) is 15.6. The molecule has 128 valence electrons. The first-order valence-corrected chi connectivity index (χ1v) is 8.75. The van der Waals surface area contributed by atoms with Crippen LogP contribution in [-0.4, -0.2) is 25.5 Å². The topological polar surface area (TPSA) is 32.5 Å². The molecule has 1 aliphatic heterocycles. The third-order valence-corrected chi connectivity index (χ3v) is 5.43. The summed E-state index contributed by atoms with van der Waals surface area (Å²) in [6.07, 6.45) is 0. The van der Waals surface area contributed by atoms with Crippen molar-refractivity contribution in [1.82, 2.24) is 4.90 Å². The Balaban J connectivity index is 2.00. The number of hydrogen-bond acceptors (Lipinski definition) is 3. The fraction of sp³-hybridized carbons (Fsp3) is 0.400. The number of nitrogens with zero attached hydrogens (tertiary/aromatic N) is 2. The predicted octanol–water partition coefficient (Wildman–Crippen LogP) is 4.16. The summed E-state index contributed by atoms with van der Waals surface area (Å²) in [5.41, 5.74) is 11.2. The van der Waals surface area contributed by atoms with Gasteiger partial charge in [0.25, 0.3) is 0 Å². The molecule has 1 unspecified atom stereocenters. The zero-order chi connectivity index (χ0) is 17.5. The summed E-state index contributed by atoms with van der Waals surface area (Å²) < 4.78 is 0. The Morgan fingerprint density at radius 1 is 1.21 bits per heavy atom. The van der Waals surface area contributed by atoms with E-state index in [1.807, 2.05) is 12.1 Å². The lowest BCUT2D eigenvalue weighted by Gasteiger charge is -2.40. The molecule has 0 amide bonds. The Kier molecular flexibility index (Phi) is 4.60. The van der Waals surface area contributed by atoms with Gasteiger partial charge in [-0.15, -0.1) is 0 Å². The van der Waals surface area contributed by atoms with Gasteiger partial charge in [-0.1, -0.05) is 29.8 Å². The van der Waals surface area contributed by atoms with Crippen LogP contribution in [0.2, 0.25) is 5.02 Å². The van der Waals surface area contributed by atoms with Crippen molar-refractivity contribution >= 4 is 17.3 Å². The van der Waals surface area contributed by atoms with E-state index in [-0.39, 0.29) is 11.6 Å². The molecule has 0 aromatic heterocycles. The molecule has 0 aliphatic carbocycles. The van der Waals surface area contributed by atoms with Gasteiger partial charge in [0.1, 0.15) is 0 Å². The van der Waals surface area contributed by atoms with Gasteiger partial charge in [0.05, 0.1) is 0 Å². The van der Waals surface area contributed by atoms with E-state index in [9.17, 15) is 0 Å². The number of rotatable bonds is 4. The van der Waals surface area contributed by atoms with Gasteiger partial charge in [-0.25, -0.2) is 0 Å². The van der Waals surface area contributed by atoms with Crippen LogP contribution in [0.1, 0.15) is 36.6 Å². The number of benzene rings is 2. The van der Waals surface area contributed by atoms with Crippen LogP contribution in [0, 0.1) is 0 Å². The molecule has 2 N–H and O–H groups in total. The summed E-state index contributed by atoms with van der Waals surface area (Å²) >= 11 is 6.22. The Labute approximate surface area is 150 Å². The van der Waals surface area contributed by atoms with Gasteiger partial charge in [0.2, 0.25) is 0 Å². The Morgan fingerprint density at radius 2 is 1.96 bits per heavy atom. The predicted molar refractivity (Wildman–Crippen MR) is 103 cm³/mol.